The van der Waals surface area contributed by atoms with E-state index in [1.807, 2.05) is 10.6 Å². The number of ether oxygens (including phenoxy) is 3. The summed E-state index contributed by atoms with van der Waals surface area (Å²) < 4.78 is 17.1. The number of rotatable bonds is 10. The quantitative estimate of drug-likeness (QED) is 0.368. The summed E-state index contributed by atoms with van der Waals surface area (Å²) in [5.41, 5.74) is 1.72. The number of aldehydes is 1. The SMILES string of the molecule is CCCCc1ncc(C=O)n1Cc1ccc(C(=O)OC)c(OCOC)c1. The molecule has 140 valence electrons. The molecule has 0 N–H and O–H groups in total. The van der Waals surface area contributed by atoms with E-state index in [9.17, 15) is 9.59 Å². The zero-order valence-electron chi connectivity index (χ0n) is 15.4. The minimum atomic E-state index is -0.484. The van der Waals surface area contributed by atoms with E-state index in [0.29, 0.717) is 23.6 Å². The van der Waals surface area contributed by atoms with Crippen molar-refractivity contribution in [3.63, 3.8) is 0 Å². The Morgan fingerprint density at radius 2 is 2.12 bits per heavy atom. The van der Waals surface area contributed by atoms with Crippen LogP contribution in [-0.2, 0) is 22.4 Å². The van der Waals surface area contributed by atoms with Gasteiger partial charge in [-0.15, -0.1) is 0 Å². The molecule has 2 rings (SSSR count). The fraction of sp³-hybridized carbons (Fsp3) is 0.421. The molecule has 0 atom stereocenters. The van der Waals surface area contributed by atoms with Crippen LogP contribution < -0.4 is 4.74 Å². The Kier molecular flexibility index (Phi) is 7.35. The van der Waals surface area contributed by atoms with Crippen molar-refractivity contribution in [1.29, 1.82) is 0 Å². The van der Waals surface area contributed by atoms with Gasteiger partial charge >= 0.3 is 5.97 Å². The topological polar surface area (TPSA) is 79.7 Å². The lowest BCUT2D eigenvalue weighted by atomic mass is 10.1. The Balaban J connectivity index is 2.33. The average Bonchev–Trinajstić information content (AvgIpc) is 3.05. The predicted octanol–water partition coefficient (Wildman–Crippen LogP) is 2.86. The van der Waals surface area contributed by atoms with Crippen molar-refractivity contribution in [2.45, 2.75) is 32.7 Å². The minimum Gasteiger partial charge on any atom is -0.467 e. The maximum absolute atomic E-state index is 11.9. The number of imidazole rings is 1. The van der Waals surface area contributed by atoms with Crippen molar-refractivity contribution in [3.05, 3.63) is 47.0 Å². The van der Waals surface area contributed by atoms with Crippen molar-refractivity contribution >= 4 is 12.3 Å². The van der Waals surface area contributed by atoms with Crippen LogP contribution in [-0.4, -0.2) is 42.8 Å². The van der Waals surface area contributed by atoms with Crippen LogP contribution in [0.2, 0.25) is 0 Å². The van der Waals surface area contributed by atoms with Crippen LogP contribution in [0.4, 0.5) is 0 Å². The number of carbonyl (C=O) groups excluding carboxylic acids is 2. The standard InChI is InChI=1S/C19H24N2O5/c1-4-5-6-18-20-10-15(12-22)21(18)11-14-7-8-16(19(23)25-3)17(9-14)26-13-24-2/h7-10,12H,4-6,11,13H2,1-3H3. The van der Waals surface area contributed by atoms with Crippen molar-refractivity contribution in [2.75, 3.05) is 21.0 Å². The van der Waals surface area contributed by atoms with E-state index in [2.05, 4.69) is 11.9 Å². The molecule has 0 fully saturated rings. The first-order chi connectivity index (χ1) is 12.6. The van der Waals surface area contributed by atoms with Gasteiger partial charge in [0.05, 0.1) is 13.3 Å². The summed E-state index contributed by atoms with van der Waals surface area (Å²) in [5, 5.41) is 0. The number of nitrogens with zero attached hydrogens (tertiary/aromatic N) is 2. The molecule has 0 saturated heterocycles. The largest absolute Gasteiger partial charge is 0.467 e. The first-order valence-corrected chi connectivity index (χ1v) is 8.47. The highest BCUT2D eigenvalue weighted by molar-refractivity contribution is 5.92. The van der Waals surface area contributed by atoms with Gasteiger partial charge in [0.15, 0.2) is 13.1 Å². The number of methoxy groups -OCH3 is 2. The number of carbonyl (C=O) groups is 2. The highest BCUT2D eigenvalue weighted by atomic mass is 16.7. The Bertz CT molecular complexity index is 754. The van der Waals surface area contributed by atoms with Gasteiger partial charge < -0.3 is 18.8 Å². The van der Waals surface area contributed by atoms with E-state index in [4.69, 9.17) is 14.2 Å². The van der Waals surface area contributed by atoms with Crippen LogP contribution in [0.3, 0.4) is 0 Å². The summed E-state index contributed by atoms with van der Waals surface area (Å²) >= 11 is 0. The zero-order valence-corrected chi connectivity index (χ0v) is 15.4. The summed E-state index contributed by atoms with van der Waals surface area (Å²) in [7, 11) is 2.82. The molecule has 26 heavy (non-hydrogen) atoms. The van der Waals surface area contributed by atoms with Crippen LogP contribution in [0.25, 0.3) is 0 Å². The van der Waals surface area contributed by atoms with Gasteiger partial charge in [-0.25, -0.2) is 9.78 Å². The third kappa shape index (κ3) is 4.70. The second-order valence-electron chi connectivity index (χ2n) is 5.78. The van der Waals surface area contributed by atoms with E-state index < -0.39 is 5.97 Å². The van der Waals surface area contributed by atoms with Crippen LogP contribution in [0.1, 0.15) is 52.0 Å². The van der Waals surface area contributed by atoms with Gasteiger partial charge in [0.25, 0.3) is 0 Å². The average molecular weight is 360 g/mol. The molecule has 7 nitrogen and oxygen atoms in total. The van der Waals surface area contributed by atoms with Crippen molar-refractivity contribution in [1.82, 2.24) is 9.55 Å². The van der Waals surface area contributed by atoms with Crippen LogP contribution >= 0.6 is 0 Å². The zero-order chi connectivity index (χ0) is 18.9. The van der Waals surface area contributed by atoms with Crippen LogP contribution in [0.5, 0.6) is 5.75 Å². The molecule has 0 aliphatic carbocycles. The van der Waals surface area contributed by atoms with Crippen molar-refractivity contribution in [2.24, 2.45) is 0 Å². The van der Waals surface area contributed by atoms with E-state index in [1.165, 1.54) is 14.2 Å². The van der Waals surface area contributed by atoms with E-state index in [0.717, 1.165) is 36.9 Å². The third-order valence-corrected chi connectivity index (χ3v) is 3.97. The van der Waals surface area contributed by atoms with Gasteiger partial charge in [0.1, 0.15) is 22.8 Å². The lowest BCUT2D eigenvalue weighted by molar-refractivity contribution is 0.0464. The first-order valence-electron chi connectivity index (χ1n) is 8.47. The molecular formula is C19H24N2O5. The summed E-state index contributed by atoms with van der Waals surface area (Å²) in [4.78, 5) is 27.6. The normalized spacial score (nSPS) is 10.6. The second-order valence-corrected chi connectivity index (χ2v) is 5.78. The summed E-state index contributed by atoms with van der Waals surface area (Å²) in [5.74, 6) is 0.756. The van der Waals surface area contributed by atoms with Gasteiger partial charge in [0.2, 0.25) is 0 Å². The number of unbranched alkanes of at least 4 members (excludes halogenated alkanes) is 1. The summed E-state index contributed by atoms with van der Waals surface area (Å²) in [6.45, 7) is 2.58. The van der Waals surface area contributed by atoms with Gasteiger partial charge in [-0.2, -0.15) is 0 Å². The lowest BCUT2D eigenvalue weighted by Crippen LogP contribution is -2.11. The Labute approximate surface area is 152 Å². The Morgan fingerprint density at radius 3 is 2.77 bits per heavy atom. The van der Waals surface area contributed by atoms with Crippen LogP contribution in [0, 0.1) is 0 Å². The van der Waals surface area contributed by atoms with Crippen molar-refractivity contribution < 1.29 is 23.8 Å². The fourth-order valence-electron chi connectivity index (χ4n) is 2.61. The molecule has 7 heteroatoms. The molecular weight excluding hydrogens is 336 g/mol. The van der Waals surface area contributed by atoms with Gasteiger partial charge in [0, 0.05) is 20.1 Å². The Hall–Kier alpha value is -2.67. The highest BCUT2D eigenvalue weighted by Crippen LogP contribution is 2.23. The molecule has 0 aliphatic heterocycles. The molecule has 0 bridgehead atoms. The van der Waals surface area contributed by atoms with E-state index in [-0.39, 0.29) is 6.79 Å². The number of aromatic nitrogens is 2. The molecule has 0 amide bonds. The maximum atomic E-state index is 11.9. The molecule has 0 spiro atoms. The number of aryl methyl sites for hydroxylation is 1. The molecule has 1 heterocycles. The predicted molar refractivity (Wildman–Crippen MR) is 95.6 cm³/mol. The van der Waals surface area contributed by atoms with Crippen LogP contribution in [0.15, 0.2) is 24.4 Å². The number of esters is 1. The second kappa shape index (κ2) is 9.72. The van der Waals surface area contributed by atoms with Gasteiger partial charge in [-0.05, 0) is 24.1 Å². The lowest BCUT2D eigenvalue weighted by Gasteiger charge is -2.14. The molecule has 0 unspecified atom stereocenters. The van der Waals surface area contributed by atoms with Gasteiger partial charge in [-0.3, -0.25) is 4.79 Å². The van der Waals surface area contributed by atoms with Gasteiger partial charge in [-0.1, -0.05) is 19.4 Å². The summed E-state index contributed by atoms with van der Waals surface area (Å²) in [6.07, 6.45) is 5.24. The molecule has 2 aromatic rings. The first kappa shape index (κ1) is 19.7. The Morgan fingerprint density at radius 1 is 1.31 bits per heavy atom. The number of hydrogen-bond acceptors (Lipinski definition) is 6. The molecule has 1 aromatic carbocycles. The highest BCUT2D eigenvalue weighted by Gasteiger charge is 2.16. The molecule has 1 aromatic heterocycles. The smallest absolute Gasteiger partial charge is 0.341 e. The van der Waals surface area contributed by atoms with E-state index >= 15 is 0 Å². The molecule has 0 radical (unpaired) electrons. The molecule has 0 saturated carbocycles. The third-order valence-electron chi connectivity index (χ3n) is 3.97. The van der Waals surface area contributed by atoms with Crippen molar-refractivity contribution in [3.8, 4) is 5.75 Å². The van der Waals surface area contributed by atoms with E-state index in [1.54, 1.807) is 18.3 Å². The number of benzene rings is 1. The minimum absolute atomic E-state index is 0.0138. The maximum Gasteiger partial charge on any atom is 0.341 e. The fourth-order valence-corrected chi connectivity index (χ4v) is 2.61. The molecule has 0 aliphatic rings. The monoisotopic (exact) mass is 360 g/mol. The summed E-state index contributed by atoms with van der Waals surface area (Å²) in [6, 6.07) is 5.21. The number of hydrogen-bond donors (Lipinski definition) is 0.